The molecule has 0 aliphatic carbocycles. The molecule has 0 aromatic carbocycles. The molecule has 1 amide bonds. The van der Waals surface area contributed by atoms with E-state index in [0.29, 0.717) is 24.4 Å². The molecule has 128 valence electrons. The first-order chi connectivity index (χ1) is 11.6. The largest absolute Gasteiger partial charge is 0.466 e. The quantitative estimate of drug-likeness (QED) is 0.926. The van der Waals surface area contributed by atoms with Crippen molar-refractivity contribution in [2.45, 2.75) is 20.8 Å². The van der Waals surface area contributed by atoms with Crippen LogP contribution in [0.5, 0.6) is 0 Å². The zero-order valence-electron chi connectivity index (χ0n) is 14.4. The van der Waals surface area contributed by atoms with Gasteiger partial charge in [-0.05, 0) is 39.0 Å². The van der Waals surface area contributed by atoms with Crippen molar-refractivity contribution in [3.05, 3.63) is 35.3 Å². The molecule has 2 aromatic rings. The number of carbonyl (C=O) groups is 1. The van der Waals surface area contributed by atoms with E-state index in [1.54, 1.807) is 0 Å². The highest BCUT2D eigenvalue weighted by molar-refractivity contribution is 5.95. The summed E-state index contributed by atoms with van der Waals surface area (Å²) in [6.07, 6.45) is 0. The summed E-state index contributed by atoms with van der Waals surface area (Å²) < 4.78 is 5.47. The van der Waals surface area contributed by atoms with Crippen LogP contribution in [0, 0.1) is 13.8 Å². The smallest absolute Gasteiger partial charge is 0.257 e. The topological polar surface area (TPSA) is 74.5 Å². The standard InChI is InChI=1S/C17H23N5O2/c1-4-18-15-5-6-16(20-19-15)21-7-9-22(10-8-21)17(23)14-11-12(2)24-13(14)3/h5-6,11H,4,7-10H2,1-3H3,(H,18,19). The van der Waals surface area contributed by atoms with E-state index in [4.69, 9.17) is 4.42 Å². The van der Waals surface area contributed by atoms with Crippen LogP contribution >= 0.6 is 0 Å². The molecule has 1 aliphatic heterocycles. The van der Waals surface area contributed by atoms with E-state index in [1.165, 1.54) is 0 Å². The summed E-state index contributed by atoms with van der Waals surface area (Å²) in [5.74, 6) is 3.12. The van der Waals surface area contributed by atoms with E-state index >= 15 is 0 Å². The number of aromatic nitrogens is 2. The summed E-state index contributed by atoms with van der Waals surface area (Å²) >= 11 is 0. The molecule has 1 fully saturated rings. The van der Waals surface area contributed by atoms with Gasteiger partial charge in [0.2, 0.25) is 0 Å². The summed E-state index contributed by atoms with van der Waals surface area (Å²) in [5.41, 5.74) is 0.663. The fourth-order valence-electron chi connectivity index (χ4n) is 2.92. The fourth-order valence-corrected chi connectivity index (χ4v) is 2.92. The normalized spacial score (nSPS) is 14.8. The van der Waals surface area contributed by atoms with Crippen molar-refractivity contribution >= 4 is 17.5 Å². The molecule has 24 heavy (non-hydrogen) atoms. The average Bonchev–Trinajstić information content (AvgIpc) is 2.94. The van der Waals surface area contributed by atoms with E-state index in [9.17, 15) is 4.79 Å². The van der Waals surface area contributed by atoms with Crippen LogP contribution in [0.1, 0.15) is 28.8 Å². The molecule has 0 bridgehead atoms. The Labute approximate surface area is 141 Å². The predicted octanol–water partition coefficient (Wildman–Crippen LogP) is 2.08. The van der Waals surface area contributed by atoms with Crippen LogP contribution in [0.2, 0.25) is 0 Å². The van der Waals surface area contributed by atoms with Crippen molar-refractivity contribution in [1.82, 2.24) is 15.1 Å². The molecular weight excluding hydrogens is 306 g/mol. The Balaban J connectivity index is 1.61. The summed E-state index contributed by atoms with van der Waals surface area (Å²) in [5, 5.41) is 11.6. The maximum atomic E-state index is 12.6. The minimum Gasteiger partial charge on any atom is -0.466 e. The van der Waals surface area contributed by atoms with Crippen molar-refractivity contribution < 1.29 is 9.21 Å². The summed E-state index contributed by atoms with van der Waals surface area (Å²) in [6.45, 7) is 9.36. The number of nitrogens with zero attached hydrogens (tertiary/aromatic N) is 4. The Morgan fingerprint density at radius 1 is 1.21 bits per heavy atom. The van der Waals surface area contributed by atoms with Crippen LogP contribution in [-0.4, -0.2) is 53.7 Å². The van der Waals surface area contributed by atoms with Gasteiger partial charge in [0, 0.05) is 32.7 Å². The Bertz CT molecular complexity index is 702. The Morgan fingerprint density at radius 2 is 1.96 bits per heavy atom. The lowest BCUT2D eigenvalue weighted by Crippen LogP contribution is -2.49. The van der Waals surface area contributed by atoms with Gasteiger partial charge in [-0.1, -0.05) is 0 Å². The van der Waals surface area contributed by atoms with Crippen LogP contribution in [0.15, 0.2) is 22.6 Å². The molecular formula is C17H23N5O2. The van der Waals surface area contributed by atoms with Gasteiger partial charge in [0.25, 0.3) is 5.91 Å². The van der Waals surface area contributed by atoms with Gasteiger partial charge in [-0.3, -0.25) is 4.79 Å². The van der Waals surface area contributed by atoms with Gasteiger partial charge in [-0.2, -0.15) is 0 Å². The van der Waals surface area contributed by atoms with Gasteiger partial charge in [-0.15, -0.1) is 10.2 Å². The maximum Gasteiger partial charge on any atom is 0.257 e. The zero-order valence-corrected chi connectivity index (χ0v) is 14.4. The predicted molar refractivity (Wildman–Crippen MR) is 92.5 cm³/mol. The molecule has 2 aromatic heterocycles. The molecule has 3 rings (SSSR count). The monoisotopic (exact) mass is 329 g/mol. The van der Waals surface area contributed by atoms with E-state index in [-0.39, 0.29) is 5.91 Å². The van der Waals surface area contributed by atoms with Gasteiger partial charge >= 0.3 is 0 Å². The van der Waals surface area contributed by atoms with Crippen molar-refractivity contribution in [2.75, 3.05) is 42.9 Å². The highest BCUT2D eigenvalue weighted by atomic mass is 16.3. The number of carbonyl (C=O) groups excluding carboxylic acids is 1. The summed E-state index contributed by atoms with van der Waals surface area (Å²) in [4.78, 5) is 16.6. The third-order valence-corrected chi connectivity index (χ3v) is 4.17. The van der Waals surface area contributed by atoms with Crippen LogP contribution in [0.4, 0.5) is 11.6 Å². The lowest BCUT2D eigenvalue weighted by atomic mass is 10.2. The number of furan rings is 1. The Morgan fingerprint density at radius 3 is 2.50 bits per heavy atom. The van der Waals surface area contributed by atoms with E-state index in [1.807, 2.05) is 43.9 Å². The number of nitrogens with one attached hydrogen (secondary N) is 1. The molecule has 0 saturated carbocycles. The Hall–Kier alpha value is -2.57. The number of rotatable bonds is 4. The number of hydrogen-bond acceptors (Lipinski definition) is 6. The van der Waals surface area contributed by atoms with Crippen LogP contribution < -0.4 is 10.2 Å². The molecule has 0 atom stereocenters. The van der Waals surface area contributed by atoms with Crippen molar-refractivity contribution in [3.63, 3.8) is 0 Å². The van der Waals surface area contributed by atoms with Gasteiger partial charge < -0.3 is 19.5 Å². The highest BCUT2D eigenvalue weighted by Crippen LogP contribution is 2.19. The van der Waals surface area contributed by atoms with E-state index in [2.05, 4.69) is 20.4 Å². The lowest BCUT2D eigenvalue weighted by Gasteiger charge is -2.35. The Kier molecular flexibility index (Phi) is 4.69. The van der Waals surface area contributed by atoms with Gasteiger partial charge in [-0.25, -0.2) is 0 Å². The molecule has 0 radical (unpaired) electrons. The third kappa shape index (κ3) is 3.34. The van der Waals surface area contributed by atoms with Crippen LogP contribution in [0.25, 0.3) is 0 Å². The minimum atomic E-state index is 0.0394. The second-order valence-corrected chi connectivity index (χ2v) is 5.91. The number of hydrogen-bond donors (Lipinski definition) is 1. The summed E-state index contributed by atoms with van der Waals surface area (Å²) in [7, 11) is 0. The fraction of sp³-hybridized carbons (Fsp3) is 0.471. The SMILES string of the molecule is CCNc1ccc(N2CCN(C(=O)c3cc(C)oc3C)CC2)nn1. The van der Waals surface area contributed by atoms with Crippen molar-refractivity contribution in [1.29, 1.82) is 0 Å². The van der Waals surface area contributed by atoms with Crippen LogP contribution in [-0.2, 0) is 0 Å². The molecule has 7 nitrogen and oxygen atoms in total. The molecule has 7 heteroatoms. The molecule has 1 N–H and O–H groups in total. The minimum absolute atomic E-state index is 0.0394. The molecule has 1 aliphatic rings. The average molecular weight is 329 g/mol. The van der Waals surface area contributed by atoms with E-state index < -0.39 is 0 Å². The first kappa shape index (κ1) is 16.3. The number of aryl methyl sites for hydroxylation is 2. The number of piperazine rings is 1. The molecule has 1 saturated heterocycles. The molecule has 3 heterocycles. The zero-order chi connectivity index (χ0) is 17.1. The second kappa shape index (κ2) is 6.90. The number of amides is 1. The first-order valence-corrected chi connectivity index (χ1v) is 8.27. The lowest BCUT2D eigenvalue weighted by molar-refractivity contribution is 0.0744. The van der Waals surface area contributed by atoms with Crippen molar-refractivity contribution in [2.24, 2.45) is 0 Å². The molecule has 0 spiro atoms. The van der Waals surface area contributed by atoms with Crippen molar-refractivity contribution in [3.8, 4) is 0 Å². The first-order valence-electron chi connectivity index (χ1n) is 8.27. The highest BCUT2D eigenvalue weighted by Gasteiger charge is 2.25. The van der Waals surface area contributed by atoms with Gasteiger partial charge in [0.1, 0.15) is 17.3 Å². The second-order valence-electron chi connectivity index (χ2n) is 5.91. The third-order valence-electron chi connectivity index (χ3n) is 4.17. The van der Waals surface area contributed by atoms with Crippen LogP contribution in [0.3, 0.4) is 0 Å². The number of anilines is 2. The van der Waals surface area contributed by atoms with Gasteiger partial charge in [0.05, 0.1) is 5.56 Å². The maximum absolute atomic E-state index is 12.6. The van der Waals surface area contributed by atoms with Gasteiger partial charge in [0.15, 0.2) is 5.82 Å². The van der Waals surface area contributed by atoms with E-state index in [0.717, 1.165) is 37.0 Å². The molecule has 0 unspecified atom stereocenters. The summed E-state index contributed by atoms with van der Waals surface area (Å²) in [6, 6.07) is 5.71.